The lowest BCUT2D eigenvalue weighted by molar-refractivity contribution is -0.104. The van der Waals surface area contributed by atoms with Crippen molar-refractivity contribution in [1.29, 1.82) is 0 Å². The average Bonchev–Trinajstić information content (AvgIpc) is 3.31. The molecular weight excluding hydrogens is 432 g/mol. The van der Waals surface area contributed by atoms with Crippen molar-refractivity contribution in [2.75, 3.05) is 7.11 Å². The highest BCUT2D eigenvalue weighted by molar-refractivity contribution is 6.12. The van der Waals surface area contributed by atoms with Crippen LogP contribution in [0, 0.1) is 0 Å². The van der Waals surface area contributed by atoms with Crippen molar-refractivity contribution in [3.05, 3.63) is 109 Å². The third-order valence-corrected chi connectivity index (χ3v) is 6.40. The third kappa shape index (κ3) is 3.65. The second-order valence-corrected chi connectivity index (χ2v) is 8.44. The van der Waals surface area contributed by atoms with Crippen LogP contribution in [0.3, 0.4) is 0 Å². The van der Waals surface area contributed by atoms with E-state index < -0.39 is 0 Å². The van der Waals surface area contributed by atoms with Crippen LogP contribution in [0.25, 0.3) is 55.8 Å². The SMILES string of the molecule is COc1ccc(-c2nc3ccccc3c3cc4cc(-c5ccc(/C=C/C=O)cc5)ccn4c23)cc1. The third-order valence-electron chi connectivity index (χ3n) is 6.40. The predicted octanol–water partition coefficient (Wildman–Crippen LogP) is 7.20. The second kappa shape index (κ2) is 8.58. The molecule has 0 fully saturated rings. The van der Waals surface area contributed by atoms with Crippen molar-refractivity contribution >= 4 is 39.7 Å². The summed E-state index contributed by atoms with van der Waals surface area (Å²) < 4.78 is 7.58. The van der Waals surface area contributed by atoms with Gasteiger partial charge in [-0.1, -0.05) is 48.5 Å². The average molecular weight is 455 g/mol. The predicted molar refractivity (Wildman–Crippen MR) is 143 cm³/mol. The number of nitrogens with zero attached hydrogens (tertiary/aromatic N) is 2. The number of carbonyl (C=O) groups excluding carboxylic acids is 1. The number of hydrogen-bond acceptors (Lipinski definition) is 3. The zero-order valence-electron chi connectivity index (χ0n) is 19.2. The molecule has 0 atom stereocenters. The highest BCUT2D eigenvalue weighted by Gasteiger charge is 2.15. The van der Waals surface area contributed by atoms with E-state index in [0.29, 0.717) is 0 Å². The molecule has 0 saturated heterocycles. The topological polar surface area (TPSA) is 43.6 Å². The molecular formula is C31H22N2O2. The molecule has 3 aromatic carbocycles. The summed E-state index contributed by atoms with van der Waals surface area (Å²) in [7, 11) is 1.68. The standard InChI is InChI=1S/C31H22N2O2/c1-35-26-14-12-23(13-15-26)30-31-28(27-6-2-3-7-29(27)32-30)20-25-19-24(16-17-33(25)31)22-10-8-21(9-11-22)5-4-18-34/h2-20H,1H3/b5-4+. The molecule has 0 saturated carbocycles. The minimum Gasteiger partial charge on any atom is -0.497 e. The molecule has 35 heavy (non-hydrogen) atoms. The van der Waals surface area contributed by atoms with Crippen LogP contribution < -0.4 is 4.74 Å². The number of hydrogen-bond donors (Lipinski definition) is 0. The quantitative estimate of drug-likeness (QED) is 0.204. The molecule has 0 aliphatic rings. The molecule has 168 valence electrons. The first-order valence-electron chi connectivity index (χ1n) is 11.5. The van der Waals surface area contributed by atoms with E-state index in [2.05, 4.69) is 71.3 Å². The number of para-hydroxylation sites is 1. The van der Waals surface area contributed by atoms with E-state index >= 15 is 0 Å². The molecule has 0 unspecified atom stereocenters. The first-order valence-corrected chi connectivity index (χ1v) is 11.5. The molecule has 0 amide bonds. The highest BCUT2D eigenvalue weighted by atomic mass is 16.5. The molecule has 4 nitrogen and oxygen atoms in total. The van der Waals surface area contributed by atoms with E-state index in [4.69, 9.17) is 9.72 Å². The number of methoxy groups -OCH3 is 1. The largest absolute Gasteiger partial charge is 0.497 e. The molecule has 0 aliphatic carbocycles. The van der Waals surface area contributed by atoms with Gasteiger partial charge in [0.1, 0.15) is 12.0 Å². The Morgan fingerprint density at radius 2 is 1.57 bits per heavy atom. The fourth-order valence-electron chi connectivity index (χ4n) is 4.66. The van der Waals surface area contributed by atoms with Gasteiger partial charge in [-0.25, -0.2) is 4.98 Å². The van der Waals surface area contributed by atoms with Crippen molar-refractivity contribution in [2.45, 2.75) is 0 Å². The van der Waals surface area contributed by atoms with Gasteiger partial charge in [-0.15, -0.1) is 0 Å². The lowest BCUT2D eigenvalue weighted by Gasteiger charge is -2.10. The minimum atomic E-state index is 0.790. The summed E-state index contributed by atoms with van der Waals surface area (Å²) in [6.07, 6.45) is 6.22. The summed E-state index contributed by atoms with van der Waals surface area (Å²) in [4.78, 5) is 15.7. The molecule has 0 N–H and O–H groups in total. The van der Waals surface area contributed by atoms with Gasteiger partial charge in [-0.05, 0) is 71.3 Å². The maximum atomic E-state index is 10.6. The summed E-state index contributed by atoms with van der Waals surface area (Å²) in [6, 6.07) is 31.2. The van der Waals surface area contributed by atoms with E-state index in [1.807, 2.05) is 30.3 Å². The number of rotatable bonds is 5. The van der Waals surface area contributed by atoms with Crippen molar-refractivity contribution in [3.8, 4) is 28.1 Å². The van der Waals surface area contributed by atoms with Crippen LogP contribution in [-0.2, 0) is 4.79 Å². The highest BCUT2D eigenvalue weighted by Crippen LogP contribution is 2.36. The first kappa shape index (κ1) is 20.9. The van der Waals surface area contributed by atoms with Crippen LogP contribution in [0.4, 0.5) is 0 Å². The van der Waals surface area contributed by atoms with Gasteiger partial charge in [0.25, 0.3) is 0 Å². The molecule has 3 heterocycles. The van der Waals surface area contributed by atoms with E-state index in [1.165, 1.54) is 11.5 Å². The lowest BCUT2D eigenvalue weighted by atomic mass is 10.0. The van der Waals surface area contributed by atoms with Gasteiger partial charge in [-0.2, -0.15) is 0 Å². The number of benzene rings is 3. The number of fused-ring (bicyclic) bond motifs is 5. The van der Waals surface area contributed by atoms with Gasteiger partial charge >= 0.3 is 0 Å². The van der Waals surface area contributed by atoms with Gasteiger partial charge < -0.3 is 9.14 Å². The Morgan fingerprint density at radius 1 is 0.800 bits per heavy atom. The first-order chi connectivity index (χ1) is 17.2. The Bertz CT molecular complexity index is 1730. The second-order valence-electron chi connectivity index (χ2n) is 8.44. The number of carbonyl (C=O) groups is 1. The van der Waals surface area contributed by atoms with Crippen molar-refractivity contribution in [3.63, 3.8) is 0 Å². The molecule has 4 heteroatoms. The van der Waals surface area contributed by atoms with E-state index in [9.17, 15) is 4.79 Å². The Labute approximate surface area is 202 Å². The number of pyridine rings is 2. The lowest BCUT2D eigenvalue weighted by Crippen LogP contribution is -1.93. The van der Waals surface area contributed by atoms with Crippen LogP contribution in [-0.4, -0.2) is 22.8 Å². The molecule has 6 aromatic rings. The van der Waals surface area contributed by atoms with Crippen molar-refractivity contribution in [1.82, 2.24) is 9.38 Å². The van der Waals surface area contributed by atoms with Crippen LogP contribution in [0.5, 0.6) is 5.75 Å². The normalized spacial score (nSPS) is 11.6. The van der Waals surface area contributed by atoms with Gasteiger partial charge in [0.15, 0.2) is 0 Å². The summed E-state index contributed by atoms with van der Waals surface area (Å²) in [5.41, 5.74) is 8.41. The monoisotopic (exact) mass is 454 g/mol. The fraction of sp³-hybridized carbons (Fsp3) is 0.0323. The molecule has 0 bridgehead atoms. The summed E-state index contributed by atoms with van der Waals surface area (Å²) >= 11 is 0. The summed E-state index contributed by atoms with van der Waals surface area (Å²) in [5.74, 6) is 0.822. The van der Waals surface area contributed by atoms with E-state index in [1.54, 1.807) is 13.2 Å². The maximum Gasteiger partial charge on any atom is 0.142 e. The van der Waals surface area contributed by atoms with Crippen LogP contribution >= 0.6 is 0 Å². The van der Waals surface area contributed by atoms with Crippen LogP contribution in [0.1, 0.15) is 5.56 Å². The Hall–Kier alpha value is -4.70. The Balaban J connectivity index is 1.56. The van der Waals surface area contributed by atoms with Gasteiger partial charge in [-0.3, -0.25) is 4.79 Å². The molecule has 0 aliphatic heterocycles. The molecule has 6 rings (SSSR count). The van der Waals surface area contributed by atoms with Crippen molar-refractivity contribution < 1.29 is 9.53 Å². The Morgan fingerprint density at radius 3 is 2.34 bits per heavy atom. The smallest absolute Gasteiger partial charge is 0.142 e. The number of aromatic nitrogens is 2. The minimum absolute atomic E-state index is 0.790. The van der Waals surface area contributed by atoms with Gasteiger partial charge in [0, 0.05) is 28.0 Å². The van der Waals surface area contributed by atoms with E-state index in [-0.39, 0.29) is 0 Å². The van der Waals surface area contributed by atoms with Crippen LogP contribution in [0.2, 0.25) is 0 Å². The Kier molecular flexibility index (Phi) is 5.12. The molecule has 3 aromatic heterocycles. The number of ether oxygens (including phenoxy) is 1. The van der Waals surface area contributed by atoms with Crippen LogP contribution in [0.15, 0.2) is 103 Å². The fourth-order valence-corrected chi connectivity index (χ4v) is 4.66. The summed E-state index contributed by atoms with van der Waals surface area (Å²) in [5, 5.41) is 2.31. The van der Waals surface area contributed by atoms with Crippen molar-refractivity contribution in [2.24, 2.45) is 0 Å². The van der Waals surface area contributed by atoms with Gasteiger partial charge in [0.05, 0.1) is 23.8 Å². The van der Waals surface area contributed by atoms with Gasteiger partial charge in [0.2, 0.25) is 0 Å². The molecule has 0 spiro atoms. The zero-order chi connectivity index (χ0) is 23.8. The number of aldehydes is 1. The maximum absolute atomic E-state index is 10.6. The summed E-state index contributed by atoms with van der Waals surface area (Å²) in [6.45, 7) is 0. The molecule has 0 radical (unpaired) electrons. The number of allylic oxidation sites excluding steroid dienone is 1. The van der Waals surface area contributed by atoms with E-state index in [0.717, 1.165) is 61.9 Å². The zero-order valence-corrected chi connectivity index (χ0v) is 19.2.